The van der Waals surface area contributed by atoms with Gasteiger partial charge in [0.2, 0.25) is 0 Å². The van der Waals surface area contributed by atoms with E-state index < -0.39 is 0 Å². The smallest absolute Gasteiger partial charge is 0.322 e. The van der Waals surface area contributed by atoms with Gasteiger partial charge < -0.3 is 19.7 Å². The molecule has 8 heteroatoms. The van der Waals surface area contributed by atoms with Gasteiger partial charge in [-0.25, -0.2) is 9.18 Å². The lowest BCUT2D eigenvalue weighted by atomic mass is 10.1. The highest BCUT2D eigenvalue weighted by Crippen LogP contribution is 2.23. The number of benzene rings is 1. The van der Waals surface area contributed by atoms with Crippen molar-refractivity contribution in [3.05, 3.63) is 48.0 Å². The molecule has 7 nitrogen and oxygen atoms in total. The minimum atomic E-state index is -0.292. The van der Waals surface area contributed by atoms with E-state index in [2.05, 4.69) is 10.4 Å². The topological polar surface area (TPSA) is 68.6 Å². The van der Waals surface area contributed by atoms with Crippen LogP contribution >= 0.6 is 0 Å². The number of halogens is 1. The molecule has 25 heavy (non-hydrogen) atoms. The van der Waals surface area contributed by atoms with Crippen molar-refractivity contribution >= 4 is 11.7 Å². The van der Waals surface area contributed by atoms with E-state index in [9.17, 15) is 9.18 Å². The normalized spacial score (nSPS) is 17.5. The fraction of sp³-hybridized carbons (Fsp3) is 0.412. The second-order valence-corrected chi connectivity index (χ2v) is 5.77. The molecule has 1 N–H and O–H groups in total. The van der Waals surface area contributed by atoms with Crippen LogP contribution in [-0.4, -0.2) is 54.1 Å². The Bertz CT molecular complexity index is 704. The Kier molecular flexibility index (Phi) is 5.62. The summed E-state index contributed by atoms with van der Waals surface area (Å²) < 4.78 is 25.5. The van der Waals surface area contributed by atoms with Crippen molar-refractivity contribution in [1.29, 1.82) is 0 Å². The summed E-state index contributed by atoms with van der Waals surface area (Å²) in [6, 6.07) is 5.95. The Hall–Kier alpha value is -2.45. The van der Waals surface area contributed by atoms with E-state index in [4.69, 9.17) is 9.47 Å². The Labute approximate surface area is 145 Å². The van der Waals surface area contributed by atoms with E-state index in [1.165, 1.54) is 12.1 Å². The SMILES string of the molecule is COCCn1cc(NC(=O)N2CCO[C@@H](c3ccc(F)cc3)C2)cn1. The second kappa shape index (κ2) is 8.09. The maximum Gasteiger partial charge on any atom is 0.322 e. The number of aromatic nitrogens is 2. The molecular weight excluding hydrogens is 327 g/mol. The number of carbonyl (C=O) groups is 1. The number of carbonyl (C=O) groups excluding carboxylic acids is 1. The van der Waals surface area contributed by atoms with Crippen LogP contribution < -0.4 is 5.32 Å². The van der Waals surface area contributed by atoms with Gasteiger partial charge in [0.15, 0.2) is 0 Å². The van der Waals surface area contributed by atoms with E-state index in [1.807, 2.05) is 0 Å². The summed E-state index contributed by atoms with van der Waals surface area (Å²) in [4.78, 5) is 14.1. The third-order valence-electron chi connectivity index (χ3n) is 4.00. The Morgan fingerprint density at radius 3 is 3.00 bits per heavy atom. The van der Waals surface area contributed by atoms with Gasteiger partial charge in [-0.3, -0.25) is 4.68 Å². The number of amides is 2. The van der Waals surface area contributed by atoms with Gasteiger partial charge in [-0.15, -0.1) is 0 Å². The third kappa shape index (κ3) is 4.55. The molecule has 2 amide bonds. The van der Waals surface area contributed by atoms with Crippen LogP contribution in [0.5, 0.6) is 0 Å². The molecule has 2 aromatic rings. The summed E-state index contributed by atoms with van der Waals surface area (Å²) in [5.41, 5.74) is 1.48. The fourth-order valence-electron chi connectivity index (χ4n) is 2.65. The molecule has 0 bridgehead atoms. The molecule has 1 aliphatic rings. The molecule has 1 aromatic heterocycles. The number of hydrogen-bond acceptors (Lipinski definition) is 4. The first-order valence-corrected chi connectivity index (χ1v) is 8.10. The number of methoxy groups -OCH3 is 1. The predicted molar refractivity (Wildman–Crippen MR) is 89.8 cm³/mol. The van der Waals surface area contributed by atoms with Crippen LogP contribution in [0.3, 0.4) is 0 Å². The number of ether oxygens (including phenoxy) is 2. The number of nitrogens with one attached hydrogen (secondary N) is 1. The van der Waals surface area contributed by atoms with Crippen molar-refractivity contribution in [3.63, 3.8) is 0 Å². The average Bonchev–Trinajstić information content (AvgIpc) is 3.08. The largest absolute Gasteiger partial charge is 0.383 e. The number of nitrogens with zero attached hydrogens (tertiary/aromatic N) is 3. The third-order valence-corrected chi connectivity index (χ3v) is 4.00. The lowest BCUT2D eigenvalue weighted by molar-refractivity contribution is -0.0135. The number of rotatable bonds is 5. The van der Waals surface area contributed by atoms with E-state index in [0.29, 0.717) is 38.5 Å². The second-order valence-electron chi connectivity index (χ2n) is 5.77. The first kappa shape index (κ1) is 17.4. The molecule has 0 aliphatic carbocycles. The summed E-state index contributed by atoms with van der Waals surface area (Å²) in [6.45, 7) is 2.52. The first-order valence-electron chi connectivity index (χ1n) is 8.10. The van der Waals surface area contributed by atoms with Crippen LogP contribution in [0.15, 0.2) is 36.7 Å². The van der Waals surface area contributed by atoms with Crippen LogP contribution in [0.4, 0.5) is 14.9 Å². The molecule has 2 heterocycles. The maximum absolute atomic E-state index is 13.0. The lowest BCUT2D eigenvalue weighted by Crippen LogP contribution is -2.44. The van der Waals surface area contributed by atoms with Crippen molar-refractivity contribution in [2.45, 2.75) is 12.6 Å². The van der Waals surface area contributed by atoms with Crippen LogP contribution in [0, 0.1) is 5.82 Å². The van der Waals surface area contributed by atoms with Gasteiger partial charge in [0.05, 0.1) is 38.2 Å². The Morgan fingerprint density at radius 2 is 2.24 bits per heavy atom. The number of anilines is 1. The van der Waals surface area contributed by atoms with Crippen LogP contribution in [0.25, 0.3) is 0 Å². The number of hydrogen-bond donors (Lipinski definition) is 1. The molecule has 0 radical (unpaired) electrons. The molecule has 3 rings (SSSR count). The van der Waals surface area contributed by atoms with E-state index >= 15 is 0 Å². The van der Waals surface area contributed by atoms with Crippen LogP contribution in [0.2, 0.25) is 0 Å². The molecule has 0 saturated carbocycles. The lowest BCUT2D eigenvalue weighted by Gasteiger charge is -2.33. The highest BCUT2D eigenvalue weighted by atomic mass is 19.1. The van der Waals surface area contributed by atoms with Gasteiger partial charge in [0.25, 0.3) is 0 Å². The van der Waals surface area contributed by atoms with Gasteiger partial charge in [-0.2, -0.15) is 5.10 Å². The minimum absolute atomic E-state index is 0.207. The summed E-state index contributed by atoms with van der Waals surface area (Å²) in [7, 11) is 1.63. The molecule has 1 saturated heterocycles. The van der Waals surface area contributed by atoms with Gasteiger partial charge in [-0.1, -0.05) is 12.1 Å². The zero-order valence-electron chi connectivity index (χ0n) is 14.0. The standard InChI is InChI=1S/C17H21FN4O3/c1-24-8-7-22-11-15(10-19-22)20-17(23)21-6-9-25-16(12-21)13-2-4-14(18)5-3-13/h2-5,10-11,16H,6-9,12H2,1H3,(H,20,23)/t16-/m1/s1. The van der Waals surface area contributed by atoms with Gasteiger partial charge in [0.1, 0.15) is 11.9 Å². The van der Waals surface area contributed by atoms with Crippen molar-refractivity contribution in [3.8, 4) is 0 Å². The monoisotopic (exact) mass is 348 g/mol. The average molecular weight is 348 g/mol. The highest BCUT2D eigenvalue weighted by Gasteiger charge is 2.25. The molecule has 1 aromatic carbocycles. The van der Waals surface area contributed by atoms with Gasteiger partial charge >= 0.3 is 6.03 Å². The van der Waals surface area contributed by atoms with Crippen LogP contribution in [0.1, 0.15) is 11.7 Å². The zero-order valence-corrected chi connectivity index (χ0v) is 14.0. The van der Waals surface area contributed by atoms with Crippen molar-refractivity contribution in [2.75, 3.05) is 38.7 Å². The molecule has 1 aliphatic heterocycles. The molecule has 134 valence electrons. The quantitative estimate of drug-likeness (QED) is 0.900. The molecule has 0 unspecified atom stereocenters. The summed E-state index contributed by atoms with van der Waals surface area (Å²) >= 11 is 0. The molecule has 0 spiro atoms. The molecule has 1 atom stereocenters. The van der Waals surface area contributed by atoms with E-state index in [1.54, 1.807) is 41.2 Å². The fourth-order valence-corrected chi connectivity index (χ4v) is 2.65. The van der Waals surface area contributed by atoms with E-state index in [0.717, 1.165) is 5.56 Å². The molecule has 1 fully saturated rings. The summed E-state index contributed by atoms with van der Waals surface area (Å²) in [5.74, 6) is -0.292. The summed E-state index contributed by atoms with van der Waals surface area (Å²) in [6.07, 6.45) is 3.10. The summed E-state index contributed by atoms with van der Waals surface area (Å²) in [5, 5.41) is 7.00. The van der Waals surface area contributed by atoms with Gasteiger partial charge in [0, 0.05) is 19.9 Å². The van der Waals surface area contributed by atoms with Crippen molar-refractivity contribution in [1.82, 2.24) is 14.7 Å². The Morgan fingerprint density at radius 1 is 1.44 bits per heavy atom. The van der Waals surface area contributed by atoms with Crippen molar-refractivity contribution in [2.24, 2.45) is 0 Å². The maximum atomic E-state index is 13.0. The van der Waals surface area contributed by atoms with Gasteiger partial charge in [-0.05, 0) is 17.7 Å². The highest BCUT2D eigenvalue weighted by molar-refractivity contribution is 5.89. The van der Waals surface area contributed by atoms with Crippen molar-refractivity contribution < 1.29 is 18.7 Å². The first-order chi connectivity index (χ1) is 12.2. The number of urea groups is 1. The molecular formula is C17H21FN4O3. The van der Waals surface area contributed by atoms with Crippen LogP contribution in [-0.2, 0) is 16.0 Å². The van der Waals surface area contributed by atoms with E-state index in [-0.39, 0.29) is 18.0 Å². The number of morpholine rings is 1. The minimum Gasteiger partial charge on any atom is -0.383 e. The predicted octanol–water partition coefficient (Wildman–Crippen LogP) is 2.27. The Balaban J connectivity index is 1.58. The zero-order chi connectivity index (χ0) is 17.6.